The Balaban J connectivity index is 1.47. The highest BCUT2D eigenvalue weighted by molar-refractivity contribution is 7.92. The van der Waals surface area contributed by atoms with Gasteiger partial charge in [0.1, 0.15) is 11.6 Å². The number of ether oxygens (including phenoxy) is 1. The summed E-state index contributed by atoms with van der Waals surface area (Å²) < 4.78 is 85.6. The maximum absolute atomic E-state index is 14.8. The molecule has 3 N–H and O–H groups in total. The number of nitrogens with zero attached hydrogens (tertiary/aromatic N) is 4. The largest absolute Gasteiger partial charge is 0.465 e. The Labute approximate surface area is 255 Å². The van der Waals surface area contributed by atoms with Gasteiger partial charge < -0.3 is 20.1 Å². The fourth-order valence-electron chi connectivity index (χ4n) is 5.24. The third-order valence-corrected chi connectivity index (χ3v) is 8.30. The average Bonchev–Trinajstić information content (AvgIpc) is 2.94. The highest BCUT2D eigenvalue weighted by atomic mass is 32.2. The summed E-state index contributed by atoms with van der Waals surface area (Å²) in [6.45, 7) is 4.35. The number of halogens is 4. The highest BCUT2D eigenvalue weighted by Gasteiger charge is 2.36. The van der Waals surface area contributed by atoms with E-state index >= 15 is 0 Å². The van der Waals surface area contributed by atoms with Crippen molar-refractivity contribution < 1.29 is 40.6 Å². The van der Waals surface area contributed by atoms with Gasteiger partial charge in [-0.15, -0.1) is 0 Å². The number of alkyl halides is 3. The Morgan fingerprint density at radius 2 is 1.84 bits per heavy atom. The number of hydrogen-bond acceptors (Lipinski definition) is 8. The minimum atomic E-state index is -5.03. The van der Waals surface area contributed by atoms with E-state index in [1.54, 1.807) is 29.8 Å². The normalized spacial score (nSPS) is 17.2. The van der Waals surface area contributed by atoms with Gasteiger partial charge in [0.15, 0.2) is 5.75 Å². The Morgan fingerprint density at radius 1 is 1.09 bits per heavy atom. The lowest BCUT2D eigenvalue weighted by molar-refractivity contribution is -0.106. The zero-order valence-electron chi connectivity index (χ0n) is 24.0. The molecule has 1 saturated heterocycles. The molecule has 0 unspecified atom stereocenters. The van der Waals surface area contributed by atoms with E-state index in [1.807, 2.05) is 6.92 Å². The van der Waals surface area contributed by atoms with Gasteiger partial charge in [0.25, 0.3) is 0 Å². The third-order valence-electron chi connectivity index (χ3n) is 7.07. The number of aromatic nitrogens is 3. The third kappa shape index (κ3) is 7.50. The smallest absolute Gasteiger partial charge is 0.407 e. The van der Waals surface area contributed by atoms with Crippen LogP contribution in [0, 0.1) is 18.7 Å². The van der Waals surface area contributed by atoms with Gasteiger partial charge in [-0.2, -0.15) is 13.2 Å². The summed E-state index contributed by atoms with van der Waals surface area (Å²) >= 11 is 0. The van der Waals surface area contributed by atoms with Crippen LogP contribution in [0.15, 0.2) is 54.9 Å². The van der Waals surface area contributed by atoms with Crippen LogP contribution in [0.2, 0.25) is 0 Å². The number of amides is 1. The number of pyridine rings is 1. The number of anilines is 2. The molecule has 1 amide bonds. The molecule has 0 spiro atoms. The Morgan fingerprint density at radius 3 is 2.58 bits per heavy atom. The first-order valence-corrected chi connectivity index (χ1v) is 15.3. The predicted molar refractivity (Wildman–Crippen MR) is 158 cm³/mol. The van der Waals surface area contributed by atoms with Crippen LogP contribution in [-0.2, 0) is 10.0 Å². The van der Waals surface area contributed by atoms with Gasteiger partial charge in [0.05, 0.1) is 16.9 Å². The van der Waals surface area contributed by atoms with Gasteiger partial charge in [-0.1, -0.05) is 19.1 Å². The van der Waals surface area contributed by atoms with Crippen molar-refractivity contribution >= 4 is 38.5 Å². The quantitative estimate of drug-likeness (QED) is 0.195. The molecule has 1 aliphatic heterocycles. The van der Waals surface area contributed by atoms with Crippen LogP contribution in [0.5, 0.6) is 11.6 Å². The van der Waals surface area contributed by atoms with Crippen molar-refractivity contribution in [3.63, 3.8) is 0 Å². The SMILES string of the molecule is Cc1ccc2c(NS(=O)(=O)CC(F)(F)F)c(F)ccc2c1Oc1ncccc1-c1ccnc(N[C@H]2C[C@@H](C)CN(C(=O)O)C2)n1. The lowest BCUT2D eigenvalue weighted by Gasteiger charge is -2.35. The molecule has 2 atom stereocenters. The van der Waals surface area contributed by atoms with Crippen LogP contribution in [0.3, 0.4) is 0 Å². The summed E-state index contributed by atoms with van der Waals surface area (Å²) in [4.78, 5) is 26.1. The van der Waals surface area contributed by atoms with Crippen LogP contribution in [0.1, 0.15) is 18.9 Å². The molecule has 3 heterocycles. The first-order valence-electron chi connectivity index (χ1n) is 13.7. The number of carboxylic acid groups (broad SMARTS) is 1. The van der Waals surface area contributed by atoms with Crippen molar-refractivity contribution in [2.45, 2.75) is 32.5 Å². The zero-order chi connectivity index (χ0) is 32.5. The van der Waals surface area contributed by atoms with Gasteiger partial charge in [0, 0.05) is 42.3 Å². The molecule has 0 bridgehead atoms. The number of nitrogens with one attached hydrogen (secondary N) is 2. The summed E-state index contributed by atoms with van der Waals surface area (Å²) in [5, 5.41) is 12.8. The Kier molecular flexibility index (Phi) is 8.69. The number of carbonyl (C=O) groups is 1. The average molecular weight is 649 g/mol. The second-order valence-electron chi connectivity index (χ2n) is 10.8. The zero-order valence-corrected chi connectivity index (χ0v) is 24.8. The molecular weight excluding hydrogens is 620 g/mol. The number of likely N-dealkylation sites (tertiary alicyclic amines) is 1. The summed E-state index contributed by atoms with van der Waals surface area (Å²) in [6.07, 6.45) is -2.32. The topological polar surface area (TPSA) is 147 Å². The summed E-state index contributed by atoms with van der Waals surface area (Å²) in [7, 11) is -4.98. The molecule has 0 saturated carbocycles. The molecule has 16 heteroatoms. The minimum absolute atomic E-state index is 0.0236. The molecule has 11 nitrogen and oxygen atoms in total. The van der Waals surface area contributed by atoms with Gasteiger partial charge >= 0.3 is 12.3 Å². The number of aryl methyl sites for hydroxylation is 1. The van der Waals surface area contributed by atoms with E-state index in [-0.39, 0.29) is 46.9 Å². The fraction of sp³-hybridized carbons (Fsp3) is 0.310. The second kappa shape index (κ2) is 12.3. The van der Waals surface area contributed by atoms with Crippen molar-refractivity contribution in [3.05, 3.63) is 66.2 Å². The molecule has 1 aliphatic rings. The molecule has 4 aromatic rings. The Bertz CT molecular complexity index is 1860. The van der Waals surface area contributed by atoms with E-state index in [9.17, 15) is 35.9 Å². The van der Waals surface area contributed by atoms with Crippen molar-refractivity contribution in [2.24, 2.45) is 5.92 Å². The van der Waals surface area contributed by atoms with E-state index in [4.69, 9.17) is 4.74 Å². The molecule has 2 aromatic carbocycles. The van der Waals surface area contributed by atoms with Crippen LogP contribution < -0.4 is 14.8 Å². The molecule has 0 aliphatic carbocycles. The van der Waals surface area contributed by atoms with E-state index in [1.165, 1.54) is 35.5 Å². The lowest BCUT2D eigenvalue weighted by Crippen LogP contribution is -2.47. The first-order chi connectivity index (χ1) is 21.2. The summed E-state index contributed by atoms with van der Waals surface area (Å²) in [5.41, 5.74) is 0.762. The maximum Gasteiger partial charge on any atom is 0.407 e. The molecule has 45 heavy (non-hydrogen) atoms. The number of hydrogen-bond donors (Lipinski definition) is 3. The molecule has 5 rings (SSSR count). The van der Waals surface area contributed by atoms with E-state index < -0.39 is 39.6 Å². The van der Waals surface area contributed by atoms with Crippen molar-refractivity contribution in [3.8, 4) is 22.9 Å². The summed E-state index contributed by atoms with van der Waals surface area (Å²) in [6, 6.07) is 9.91. The van der Waals surface area contributed by atoms with E-state index in [0.29, 0.717) is 29.8 Å². The number of rotatable bonds is 8. The number of sulfonamides is 1. The predicted octanol–water partition coefficient (Wildman–Crippen LogP) is 6.04. The van der Waals surface area contributed by atoms with E-state index in [0.717, 1.165) is 6.07 Å². The van der Waals surface area contributed by atoms with Crippen LogP contribution >= 0.6 is 0 Å². The van der Waals surface area contributed by atoms with Crippen LogP contribution in [0.4, 0.5) is 34.0 Å². The highest BCUT2D eigenvalue weighted by Crippen LogP contribution is 2.40. The fourth-order valence-corrected chi connectivity index (χ4v) is 6.27. The summed E-state index contributed by atoms with van der Waals surface area (Å²) in [5.74, 6) is -2.60. The number of fused-ring (bicyclic) bond motifs is 1. The van der Waals surface area contributed by atoms with Gasteiger partial charge in [-0.3, -0.25) is 4.72 Å². The van der Waals surface area contributed by atoms with Crippen molar-refractivity contribution in [1.29, 1.82) is 0 Å². The van der Waals surface area contributed by atoms with Gasteiger partial charge in [0.2, 0.25) is 21.9 Å². The number of benzene rings is 2. The second-order valence-corrected chi connectivity index (χ2v) is 12.5. The van der Waals surface area contributed by atoms with Crippen molar-refractivity contribution in [1.82, 2.24) is 19.9 Å². The molecule has 1 fully saturated rings. The minimum Gasteiger partial charge on any atom is -0.465 e. The molecule has 2 aromatic heterocycles. The van der Waals surface area contributed by atoms with Crippen LogP contribution in [0.25, 0.3) is 22.0 Å². The van der Waals surface area contributed by atoms with Gasteiger partial charge in [-0.05, 0) is 55.2 Å². The first kappa shape index (κ1) is 31.7. The van der Waals surface area contributed by atoms with E-state index in [2.05, 4.69) is 20.3 Å². The lowest BCUT2D eigenvalue weighted by atomic mass is 9.96. The van der Waals surface area contributed by atoms with Crippen LogP contribution in [-0.4, -0.2) is 70.5 Å². The molecular formula is C29H28F4N6O5S. The molecule has 0 radical (unpaired) electrons. The van der Waals surface area contributed by atoms with Gasteiger partial charge in [-0.25, -0.2) is 32.6 Å². The number of piperidine rings is 1. The molecule has 238 valence electrons. The monoisotopic (exact) mass is 648 g/mol. The standard InChI is InChI=1S/C29H28F4N6O5S/c1-16-12-18(14-39(13-16)28(40)41)36-27-35-11-9-23(37-27)21-4-3-10-34-26(21)44-25-17(2)5-6-19-20(25)7-8-22(30)24(19)38-45(42,43)15-29(31,32)33/h3-11,16,18,38H,12-15H2,1-2H3,(H,40,41)(H,35,36,37)/t16-,18+/m1/s1. The Hall–Kier alpha value is -4.73. The van der Waals surface area contributed by atoms with Crippen molar-refractivity contribution in [2.75, 3.05) is 28.9 Å². The maximum atomic E-state index is 14.8.